The van der Waals surface area contributed by atoms with Crippen LogP contribution in [0.2, 0.25) is 0 Å². The van der Waals surface area contributed by atoms with Gasteiger partial charge in [-0.05, 0) is 60.8 Å². The van der Waals surface area contributed by atoms with Gasteiger partial charge in [0.1, 0.15) is 18.1 Å². The van der Waals surface area contributed by atoms with Crippen LogP contribution in [0.1, 0.15) is 73.3 Å². The van der Waals surface area contributed by atoms with E-state index >= 15 is 0 Å². The molecule has 11 nitrogen and oxygen atoms in total. The van der Waals surface area contributed by atoms with Gasteiger partial charge in [0, 0.05) is 6.42 Å². The number of hydrogen-bond donors (Lipinski definition) is 4. The van der Waals surface area contributed by atoms with Crippen molar-refractivity contribution >= 4 is 30.9 Å². The summed E-state index contributed by atoms with van der Waals surface area (Å²) in [5.41, 5.74) is 0.672. The van der Waals surface area contributed by atoms with E-state index in [1.165, 1.54) is 7.11 Å². The summed E-state index contributed by atoms with van der Waals surface area (Å²) < 4.78 is 17.4. The summed E-state index contributed by atoms with van der Waals surface area (Å²) in [7, 11) is 0.660. The van der Waals surface area contributed by atoms with Gasteiger partial charge < -0.3 is 35.3 Å². The van der Waals surface area contributed by atoms with Crippen molar-refractivity contribution in [3.63, 3.8) is 0 Å². The van der Waals surface area contributed by atoms with E-state index in [9.17, 15) is 19.2 Å². The zero-order valence-electron chi connectivity index (χ0n) is 28.0. The van der Waals surface area contributed by atoms with Crippen molar-refractivity contribution in [1.82, 2.24) is 21.3 Å². The van der Waals surface area contributed by atoms with Crippen molar-refractivity contribution in [2.75, 3.05) is 13.6 Å². The van der Waals surface area contributed by atoms with E-state index in [0.29, 0.717) is 18.3 Å². The molecule has 45 heavy (non-hydrogen) atoms. The van der Waals surface area contributed by atoms with Crippen molar-refractivity contribution < 1.29 is 33.2 Å². The van der Waals surface area contributed by atoms with Gasteiger partial charge in [0.25, 0.3) is 0 Å². The summed E-state index contributed by atoms with van der Waals surface area (Å²) in [6, 6.07) is 6.54. The Morgan fingerprint density at radius 1 is 0.933 bits per heavy atom. The minimum absolute atomic E-state index is 0.00744. The number of rotatable bonds is 13. The molecular formula is C33H51BN4O7. The minimum atomic E-state index is -0.998. The fourth-order valence-corrected chi connectivity index (χ4v) is 7.36. The Hall–Kier alpha value is -3.12. The number of benzene rings is 1. The van der Waals surface area contributed by atoms with Crippen molar-refractivity contribution in [2.24, 2.45) is 29.1 Å². The molecule has 1 aliphatic heterocycles. The highest BCUT2D eigenvalue weighted by Crippen LogP contribution is 2.65. The number of carbonyl (C=O) groups is 4. The third kappa shape index (κ3) is 7.82. The van der Waals surface area contributed by atoms with Crippen LogP contribution >= 0.6 is 0 Å². The fraction of sp³-hybridized carbons (Fsp3) is 0.697. The van der Waals surface area contributed by atoms with Gasteiger partial charge in [0.05, 0.1) is 25.3 Å². The predicted octanol–water partition coefficient (Wildman–Crippen LogP) is 3.01. The molecule has 1 aromatic carbocycles. The number of ether oxygens (including phenoxy) is 1. The van der Waals surface area contributed by atoms with Gasteiger partial charge in [-0.1, -0.05) is 71.9 Å². The van der Waals surface area contributed by atoms with Gasteiger partial charge in [-0.15, -0.1) is 0 Å². The molecular weight excluding hydrogens is 575 g/mol. The van der Waals surface area contributed by atoms with Gasteiger partial charge >= 0.3 is 13.2 Å². The molecule has 0 aromatic heterocycles. The number of alkyl carbamates (subject to hydrolysis) is 1. The molecule has 7 unspecified atom stereocenters. The number of nitrogens with one attached hydrogen (secondary N) is 4. The van der Waals surface area contributed by atoms with E-state index in [1.54, 1.807) is 13.8 Å². The zero-order valence-corrected chi connectivity index (χ0v) is 28.0. The molecule has 7 atom stereocenters. The summed E-state index contributed by atoms with van der Waals surface area (Å²) in [5.74, 6) is -0.493. The second kappa shape index (κ2) is 14.1. The average molecular weight is 627 g/mol. The maximum absolute atomic E-state index is 13.8. The molecule has 12 heteroatoms. The smallest absolute Gasteiger partial charge is 0.453 e. The highest BCUT2D eigenvalue weighted by Gasteiger charge is 2.67. The summed E-state index contributed by atoms with van der Waals surface area (Å²) in [6.07, 6.45) is 2.12. The van der Waals surface area contributed by atoms with E-state index in [4.69, 9.17) is 9.31 Å². The fourth-order valence-electron chi connectivity index (χ4n) is 7.36. The van der Waals surface area contributed by atoms with Crippen LogP contribution < -0.4 is 21.3 Å². The lowest BCUT2D eigenvalue weighted by molar-refractivity contribution is -0.199. The monoisotopic (exact) mass is 626 g/mol. The lowest BCUT2D eigenvalue weighted by Gasteiger charge is -2.64. The van der Waals surface area contributed by atoms with Crippen molar-refractivity contribution in [2.45, 2.75) is 104 Å². The second-order valence-electron chi connectivity index (χ2n) is 14.4. The molecule has 1 heterocycles. The van der Waals surface area contributed by atoms with Crippen LogP contribution in [0.5, 0.6) is 0 Å². The number of carbonyl (C=O) groups excluding carboxylic acids is 4. The molecule has 0 spiro atoms. The quantitative estimate of drug-likeness (QED) is 0.247. The van der Waals surface area contributed by atoms with Gasteiger partial charge in [-0.3, -0.25) is 14.4 Å². The molecule has 1 aromatic rings. The first-order valence-electron chi connectivity index (χ1n) is 16.3. The highest BCUT2D eigenvalue weighted by atomic mass is 16.7. The molecule has 4 N–H and O–H groups in total. The zero-order chi connectivity index (χ0) is 33.1. The maximum atomic E-state index is 13.8. The molecule has 3 aliphatic carbocycles. The van der Waals surface area contributed by atoms with Gasteiger partial charge in [-0.2, -0.15) is 0 Å². The third-order valence-corrected chi connectivity index (χ3v) is 10.1. The SMILES string of the molecule is COC(=O)NC(C(=O)NC(Cc1ccccc1)C(=O)NC(CC(C)C)C(=O)NCB1OC2CC3CC(C3(C)C)C2(C)O1)C(C)C. The van der Waals surface area contributed by atoms with Crippen LogP contribution in [0.15, 0.2) is 30.3 Å². The molecule has 5 rings (SSSR count). The van der Waals surface area contributed by atoms with E-state index < -0.39 is 43.2 Å². The van der Waals surface area contributed by atoms with E-state index in [0.717, 1.165) is 18.4 Å². The van der Waals surface area contributed by atoms with E-state index in [2.05, 4.69) is 46.8 Å². The lowest BCUT2D eigenvalue weighted by atomic mass is 9.43. The molecule has 1 saturated heterocycles. The van der Waals surface area contributed by atoms with Crippen LogP contribution in [0.25, 0.3) is 0 Å². The largest absolute Gasteiger partial charge is 0.478 e. The first-order valence-corrected chi connectivity index (χ1v) is 16.3. The normalized spacial score (nSPS) is 26.6. The molecule has 3 saturated carbocycles. The van der Waals surface area contributed by atoms with Gasteiger partial charge in [-0.25, -0.2) is 4.79 Å². The standard InChI is InChI=1S/C33H51BN4O7/c1-19(2)14-23(28(39)35-18-34-44-26-17-22-16-25(32(22,5)6)33(26,7)45-34)36-29(40)24(15-21-12-10-9-11-13-21)37-30(41)27(20(3)4)38-31(42)43-8/h9-13,19-20,22-27H,14-18H2,1-8H3,(H,35,39)(H,36,40)(H,37,41)(H,38,42). The Labute approximate surface area is 267 Å². The third-order valence-electron chi connectivity index (χ3n) is 10.1. The Morgan fingerprint density at radius 3 is 2.20 bits per heavy atom. The van der Waals surface area contributed by atoms with E-state index in [-0.39, 0.29) is 47.7 Å². The van der Waals surface area contributed by atoms with Gasteiger partial charge in [0.2, 0.25) is 17.7 Å². The van der Waals surface area contributed by atoms with Crippen LogP contribution in [-0.2, 0) is 34.9 Å². The van der Waals surface area contributed by atoms with Crippen molar-refractivity contribution in [3.05, 3.63) is 35.9 Å². The average Bonchev–Trinajstić information content (AvgIpc) is 3.33. The summed E-state index contributed by atoms with van der Waals surface area (Å²) in [4.78, 5) is 52.5. The first kappa shape index (κ1) is 34.8. The molecule has 0 radical (unpaired) electrons. The maximum Gasteiger partial charge on any atom is 0.478 e. The van der Waals surface area contributed by atoms with Crippen LogP contribution in [0.3, 0.4) is 0 Å². The summed E-state index contributed by atoms with van der Waals surface area (Å²) >= 11 is 0. The topological polar surface area (TPSA) is 144 Å². The molecule has 2 bridgehead atoms. The summed E-state index contributed by atoms with van der Waals surface area (Å²) in [6.45, 7) is 14.3. The Morgan fingerprint density at radius 2 is 1.60 bits per heavy atom. The Kier molecular flexibility index (Phi) is 10.9. The number of hydrogen-bond acceptors (Lipinski definition) is 7. The number of methoxy groups -OCH3 is 1. The molecule has 4 amide bonds. The highest BCUT2D eigenvalue weighted by molar-refractivity contribution is 6.46. The Balaban J connectivity index is 1.42. The van der Waals surface area contributed by atoms with Crippen LogP contribution in [0, 0.1) is 29.1 Å². The van der Waals surface area contributed by atoms with Gasteiger partial charge in [0.15, 0.2) is 0 Å². The number of amides is 4. The first-order chi connectivity index (χ1) is 21.1. The Bertz CT molecular complexity index is 1230. The van der Waals surface area contributed by atoms with Crippen LogP contribution in [0.4, 0.5) is 4.79 Å². The second-order valence-corrected chi connectivity index (χ2v) is 14.4. The lowest BCUT2D eigenvalue weighted by Crippen LogP contribution is -2.65. The van der Waals surface area contributed by atoms with Crippen molar-refractivity contribution in [3.8, 4) is 0 Å². The van der Waals surface area contributed by atoms with Crippen LogP contribution in [-0.4, -0.2) is 74.3 Å². The minimum Gasteiger partial charge on any atom is -0.453 e. The molecule has 4 fully saturated rings. The molecule has 4 aliphatic rings. The van der Waals surface area contributed by atoms with Crippen molar-refractivity contribution in [1.29, 1.82) is 0 Å². The molecule has 248 valence electrons. The van der Waals surface area contributed by atoms with E-state index in [1.807, 2.05) is 44.2 Å². The summed E-state index contributed by atoms with van der Waals surface area (Å²) in [5, 5.41) is 11.2. The predicted molar refractivity (Wildman–Crippen MR) is 171 cm³/mol.